The first-order valence-corrected chi connectivity index (χ1v) is 6.68. The summed E-state index contributed by atoms with van der Waals surface area (Å²) in [6.45, 7) is 0. The maximum atomic E-state index is 12.2. The van der Waals surface area contributed by atoms with Crippen molar-refractivity contribution in [1.29, 1.82) is 0 Å². The molecule has 0 saturated carbocycles. The maximum Gasteiger partial charge on any atom is 0.573 e. The van der Waals surface area contributed by atoms with Gasteiger partial charge in [-0.15, -0.1) is 13.2 Å². The molecule has 2 rings (SSSR count). The Bertz CT molecular complexity index is 602. The summed E-state index contributed by atoms with van der Waals surface area (Å²) in [6, 6.07) is 13.8. The number of aliphatic hydroxyl groups excluding tert-OH is 1. The zero-order chi connectivity index (χ0) is 16.2. The largest absolute Gasteiger partial charge is 0.573 e. The van der Waals surface area contributed by atoms with E-state index in [4.69, 9.17) is 5.73 Å². The number of alkyl halides is 3. The van der Waals surface area contributed by atoms with Gasteiger partial charge in [0.1, 0.15) is 5.75 Å². The lowest BCUT2D eigenvalue weighted by molar-refractivity contribution is -0.274. The number of hydrogen-bond donors (Lipinski definition) is 2. The van der Waals surface area contributed by atoms with Crippen molar-refractivity contribution >= 4 is 0 Å². The first-order chi connectivity index (χ1) is 10.3. The summed E-state index contributed by atoms with van der Waals surface area (Å²) in [5.74, 6) is -0.354. The fraction of sp³-hybridized carbons (Fsp3) is 0.250. The summed E-state index contributed by atoms with van der Waals surface area (Å²) in [7, 11) is 0. The number of benzene rings is 2. The van der Waals surface area contributed by atoms with Crippen LogP contribution < -0.4 is 10.5 Å². The van der Waals surface area contributed by atoms with E-state index in [-0.39, 0.29) is 5.75 Å². The summed E-state index contributed by atoms with van der Waals surface area (Å²) >= 11 is 0. The molecule has 0 unspecified atom stereocenters. The van der Waals surface area contributed by atoms with E-state index >= 15 is 0 Å². The Balaban J connectivity index is 2.08. The molecule has 0 aliphatic rings. The molecule has 0 amide bonds. The molecular weight excluding hydrogens is 295 g/mol. The molecule has 0 heterocycles. The third-order valence-corrected chi connectivity index (χ3v) is 3.18. The number of rotatable bonds is 5. The average Bonchev–Trinajstić information content (AvgIpc) is 2.46. The Labute approximate surface area is 126 Å². The molecule has 3 N–H and O–H groups in total. The molecule has 22 heavy (non-hydrogen) atoms. The SMILES string of the molecule is N[C@H](c1cccc(OC(F)(F)F)c1)[C@@H](O)Cc1ccccc1. The lowest BCUT2D eigenvalue weighted by Gasteiger charge is -2.20. The van der Waals surface area contributed by atoms with Crippen LogP contribution in [-0.2, 0) is 6.42 Å². The van der Waals surface area contributed by atoms with Crippen molar-refractivity contribution < 1.29 is 23.0 Å². The van der Waals surface area contributed by atoms with Crippen LogP contribution in [0.15, 0.2) is 54.6 Å². The highest BCUT2D eigenvalue weighted by atomic mass is 19.4. The van der Waals surface area contributed by atoms with Gasteiger partial charge in [0.25, 0.3) is 0 Å². The topological polar surface area (TPSA) is 55.5 Å². The van der Waals surface area contributed by atoms with E-state index in [0.29, 0.717) is 12.0 Å². The Kier molecular flexibility index (Phi) is 5.05. The first kappa shape index (κ1) is 16.3. The van der Waals surface area contributed by atoms with Gasteiger partial charge in [-0.25, -0.2) is 0 Å². The van der Waals surface area contributed by atoms with E-state index in [1.54, 1.807) is 6.07 Å². The van der Waals surface area contributed by atoms with Crippen LogP contribution in [0.1, 0.15) is 17.2 Å². The van der Waals surface area contributed by atoms with Crippen molar-refractivity contribution in [3.63, 3.8) is 0 Å². The first-order valence-electron chi connectivity index (χ1n) is 6.68. The van der Waals surface area contributed by atoms with Crippen molar-refractivity contribution in [1.82, 2.24) is 0 Å². The second kappa shape index (κ2) is 6.81. The van der Waals surface area contributed by atoms with Crippen LogP contribution in [-0.4, -0.2) is 17.6 Å². The number of nitrogens with two attached hydrogens (primary N) is 1. The van der Waals surface area contributed by atoms with Gasteiger partial charge in [-0.3, -0.25) is 0 Å². The van der Waals surface area contributed by atoms with Crippen LogP contribution in [0.4, 0.5) is 13.2 Å². The molecule has 0 aromatic heterocycles. The third-order valence-electron chi connectivity index (χ3n) is 3.18. The van der Waals surface area contributed by atoms with Gasteiger partial charge >= 0.3 is 6.36 Å². The zero-order valence-corrected chi connectivity index (χ0v) is 11.6. The summed E-state index contributed by atoms with van der Waals surface area (Å²) in [5, 5.41) is 10.2. The Hall–Kier alpha value is -2.05. The molecule has 3 nitrogen and oxygen atoms in total. The molecular formula is C16H16F3NO2. The molecule has 0 aliphatic heterocycles. The Morgan fingerprint density at radius 2 is 1.73 bits per heavy atom. The average molecular weight is 311 g/mol. The quantitative estimate of drug-likeness (QED) is 0.891. The van der Waals surface area contributed by atoms with E-state index in [1.807, 2.05) is 30.3 Å². The molecule has 0 aliphatic carbocycles. The van der Waals surface area contributed by atoms with Crippen molar-refractivity contribution in [2.24, 2.45) is 5.73 Å². The fourth-order valence-corrected chi connectivity index (χ4v) is 2.12. The monoisotopic (exact) mass is 311 g/mol. The number of halogens is 3. The molecule has 0 spiro atoms. The Morgan fingerprint density at radius 1 is 1.05 bits per heavy atom. The van der Waals surface area contributed by atoms with Crippen LogP contribution in [0.25, 0.3) is 0 Å². The molecule has 2 aromatic rings. The van der Waals surface area contributed by atoms with Gasteiger partial charge in [0, 0.05) is 6.42 Å². The van der Waals surface area contributed by atoms with Gasteiger partial charge in [0.05, 0.1) is 12.1 Å². The van der Waals surface area contributed by atoms with Gasteiger partial charge in [0.15, 0.2) is 0 Å². The minimum Gasteiger partial charge on any atom is -0.406 e. The highest BCUT2D eigenvalue weighted by Crippen LogP contribution is 2.26. The van der Waals surface area contributed by atoms with Gasteiger partial charge < -0.3 is 15.6 Å². The van der Waals surface area contributed by atoms with Gasteiger partial charge in [-0.05, 0) is 23.3 Å². The minimum absolute atomic E-state index is 0.312. The predicted molar refractivity (Wildman–Crippen MR) is 76.2 cm³/mol. The highest BCUT2D eigenvalue weighted by Gasteiger charge is 2.31. The van der Waals surface area contributed by atoms with Gasteiger partial charge in [0.2, 0.25) is 0 Å². The van der Waals surface area contributed by atoms with Crippen molar-refractivity contribution in [3.8, 4) is 5.75 Å². The molecule has 6 heteroatoms. The van der Waals surface area contributed by atoms with Crippen LogP contribution in [0.2, 0.25) is 0 Å². The van der Waals surface area contributed by atoms with Crippen LogP contribution >= 0.6 is 0 Å². The minimum atomic E-state index is -4.76. The van der Waals surface area contributed by atoms with E-state index in [0.717, 1.165) is 5.56 Å². The molecule has 0 fully saturated rings. The smallest absolute Gasteiger partial charge is 0.406 e. The molecule has 0 radical (unpaired) electrons. The summed E-state index contributed by atoms with van der Waals surface area (Å²) in [5.41, 5.74) is 7.21. The Morgan fingerprint density at radius 3 is 2.36 bits per heavy atom. The van der Waals surface area contributed by atoms with Crippen LogP contribution in [0.3, 0.4) is 0 Å². The summed E-state index contributed by atoms with van der Waals surface area (Å²) in [6.07, 6.45) is -5.36. The zero-order valence-electron chi connectivity index (χ0n) is 11.6. The molecule has 0 saturated heterocycles. The maximum absolute atomic E-state index is 12.2. The standard InChI is InChI=1S/C16H16F3NO2/c17-16(18,19)22-13-8-4-7-12(10-13)15(20)14(21)9-11-5-2-1-3-6-11/h1-8,10,14-15,21H,9,20H2/t14-,15+/m0/s1. The normalized spacial score (nSPS) is 14.4. The third kappa shape index (κ3) is 4.75. The lowest BCUT2D eigenvalue weighted by atomic mass is 9.97. The van der Waals surface area contributed by atoms with E-state index in [9.17, 15) is 18.3 Å². The lowest BCUT2D eigenvalue weighted by Crippen LogP contribution is -2.28. The summed E-state index contributed by atoms with van der Waals surface area (Å²) < 4.78 is 40.5. The second-order valence-electron chi connectivity index (χ2n) is 4.90. The number of ether oxygens (including phenoxy) is 1. The second-order valence-corrected chi connectivity index (χ2v) is 4.90. The van der Waals surface area contributed by atoms with Crippen molar-refractivity contribution in [3.05, 3.63) is 65.7 Å². The van der Waals surface area contributed by atoms with Crippen molar-refractivity contribution in [2.45, 2.75) is 24.9 Å². The van der Waals surface area contributed by atoms with E-state index < -0.39 is 18.5 Å². The molecule has 118 valence electrons. The molecule has 2 atom stereocenters. The van der Waals surface area contributed by atoms with Gasteiger partial charge in [-0.1, -0.05) is 42.5 Å². The van der Waals surface area contributed by atoms with Gasteiger partial charge in [-0.2, -0.15) is 0 Å². The predicted octanol–water partition coefficient (Wildman–Crippen LogP) is 3.19. The fourth-order valence-electron chi connectivity index (χ4n) is 2.12. The van der Waals surface area contributed by atoms with E-state index in [1.165, 1.54) is 18.2 Å². The molecule has 2 aromatic carbocycles. The summed E-state index contributed by atoms with van der Waals surface area (Å²) in [4.78, 5) is 0. The van der Waals surface area contributed by atoms with Crippen LogP contribution in [0, 0.1) is 0 Å². The molecule has 0 bridgehead atoms. The number of aliphatic hydroxyl groups is 1. The van der Waals surface area contributed by atoms with Crippen molar-refractivity contribution in [2.75, 3.05) is 0 Å². The highest BCUT2D eigenvalue weighted by molar-refractivity contribution is 5.31. The van der Waals surface area contributed by atoms with Crippen LogP contribution in [0.5, 0.6) is 5.75 Å². The number of hydrogen-bond acceptors (Lipinski definition) is 3. The van der Waals surface area contributed by atoms with E-state index in [2.05, 4.69) is 4.74 Å².